The zero-order chi connectivity index (χ0) is 20.5. The Morgan fingerprint density at radius 3 is 2.79 bits per heavy atom. The van der Waals surface area contributed by atoms with Gasteiger partial charge in [0.2, 0.25) is 11.9 Å². The molecule has 0 aliphatic carbocycles. The second kappa shape index (κ2) is 7.40. The number of nitrogens with zero attached hydrogens (tertiary/aromatic N) is 5. The fraction of sp³-hybridized carbons (Fsp3) is 0.158. The lowest BCUT2D eigenvalue weighted by Crippen LogP contribution is -2.19. The van der Waals surface area contributed by atoms with Crippen molar-refractivity contribution in [1.29, 1.82) is 0 Å². The van der Waals surface area contributed by atoms with Crippen LogP contribution in [0.1, 0.15) is 17.4 Å². The highest BCUT2D eigenvalue weighted by molar-refractivity contribution is 5.61. The van der Waals surface area contributed by atoms with E-state index in [1.165, 1.54) is 12.1 Å². The average Bonchev–Trinajstić information content (AvgIpc) is 3.08. The molecule has 0 fully saturated rings. The predicted molar refractivity (Wildman–Crippen MR) is 103 cm³/mol. The Morgan fingerprint density at radius 1 is 1.17 bits per heavy atom. The maximum Gasteiger partial charge on any atom is 0.228 e. The molecule has 1 atom stereocenters. The third-order valence-electron chi connectivity index (χ3n) is 4.47. The molecule has 3 aromatic heterocycles. The number of pyridine rings is 1. The smallest absolute Gasteiger partial charge is 0.228 e. The minimum atomic E-state index is -1.05. The van der Waals surface area contributed by atoms with Crippen LogP contribution in [0.5, 0.6) is 0 Å². The van der Waals surface area contributed by atoms with Crippen LogP contribution in [0, 0.1) is 18.6 Å². The van der Waals surface area contributed by atoms with Crippen LogP contribution in [0.2, 0.25) is 0 Å². The van der Waals surface area contributed by atoms with E-state index in [1.54, 1.807) is 6.20 Å². The summed E-state index contributed by atoms with van der Waals surface area (Å²) in [7, 11) is 0. The van der Waals surface area contributed by atoms with Crippen LogP contribution in [-0.4, -0.2) is 36.1 Å². The summed E-state index contributed by atoms with van der Waals surface area (Å²) in [4.78, 5) is 16.7. The fourth-order valence-electron chi connectivity index (χ4n) is 3.00. The molecule has 148 valence electrons. The third-order valence-corrected chi connectivity index (χ3v) is 4.47. The molecule has 0 aliphatic rings. The minimum Gasteiger partial charge on any atom is -0.394 e. The molecule has 0 amide bonds. The number of rotatable bonds is 5. The highest BCUT2D eigenvalue weighted by atomic mass is 19.2. The molecular formula is C19H17F2N7O. The molecular weight excluding hydrogens is 380 g/mol. The van der Waals surface area contributed by atoms with Gasteiger partial charge in [-0.1, -0.05) is 12.1 Å². The lowest BCUT2D eigenvalue weighted by molar-refractivity contribution is 0.272. The molecule has 10 heteroatoms. The molecule has 0 saturated heterocycles. The zero-order valence-electron chi connectivity index (χ0n) is 15.3. The van der Waals surface area contributed by atoms with Crippen molar-refractivity contribution in [2.45, 2.75) is 13.0 Å². The molecule has 0 aliphatic heterocycles. The largest absolute Gasteiger partial charge is 0.394 e. The number of fused-ring (bicyclic) bond motifs is 1. The van der Waals surface area contributed by atoms with E-state index in [9.17, 15) is 13.9 Å². The normalized spacial score (nSPS) is 12.3. The van der Waals surface area contributed by atoms with Gasteiger partial charge in [0.25, 0.3) is 0 Å². The number of aromatic nitrogens is 5. The molecule has 1 unspecified atom stereocenters. The van der Waals surface area contributed by atoms with Crippen molar-refractivity contribution in [3.63, 3.8) is 0 Å². The molecule has 4 aromatic rings. The van der Waals surface area contributed by atoms with Crippen LogP contribution in [0.4, 0.5) is 20.7 Å². The first kappa shape index (κ1) is 18.7. The van der Waals surface area contributed by atoms with Gasteiger partial charge in [0, 0.05) is 17.3 Å². The highest BCUT2D eigenvalue weighted by Crippen LogP contribution is 2.24. The molecule has 0 bridgehead atoms. The van der Waals surface area contributed by atoms with Crippen LogP contribution in [-0.2, 0) is 0 Å². The first-order valence-electron chi connectivity index (χ1n) is 8.73. The number of anilines is 2. The van der Waals surface area contributed by atoms with Crippen molar-refractivity contribution in [3.8, 4) is 11.4 Å². The monoisotopic (exact) mass is 397 g/mol. The van der Waals surface area contributed by atoms with E-state index < -0.39 is 24.3 Å². The molecule has 0 spiro atoms. The van der Waals surface area contributed by atoms with E-state index in [2.05, 4.69) is 25.3 Å². The lowest BCUT2D eigenvalue weighted by atomic mass is 10.1. The van der Waals surface area contributed by atoms with Gasteiger partial charge in [0.05, 0.1) is 24.4 Å². The maximum atomic E-state index is 14.1. The number of imidazole rings is 1. The molecule has 4 rings (SSSR count). The summed E-state index contributed by atoms with van der Waals surface area (Å²) in [6.07, 6.45) is 3.55. The number of nitrogen functional groups attached to an aromatic ring is 1. The number of aryl methyl sites for hydroxylation is 1. The molecule has 0 radical (unpaired) electrons. The van der Waals surface area contributed by atoms with E-state index in [4.69, 9.17) is 5.73 Å². The van der Waals surface area contributed by atoms with Crippen molar-refractivity contribution >= 4 is 17.4 Å². The molecule has 3 heterocycles. The number of nitrogens with one attached hydrogen (secondary N) is 1. The van der Waals surface area contributed by atoms with Gasteiger partial charge in [-0.15, -0.1) is 0 Å². The summed E-state index contributed by atoms with van der Waals surface area (Å²) in [5, 5.41) is 12.5. The van der Waals surface area contributed by atoms with Crippen LogP contribution >= 0.6 is 0 Å². The topological polar surface area (TPSA) is 114 Å². The van der Waals surface area contributed by atoms with Crippen molar-refractivity contribution < 1.29 is 13.9 Å². The van der Waals surface area contributed by atoms with Crippen LogP contribution in [0.15, 0.2) is 42.7 Å². The summed E-state index contributed by atoms with van der Waals surface area (Å²) < 4.78 is 29.5. The number of aliphatic hydroxyl groups excluding tert-OH is 1. The average molecular weight is 397 g/mol. The van der Waals surface area contributed by atoms with Crippen molar-refractivity contribution in [2.75, 3.05) is 17.7 Å². The SMILES string of the molecule is Cc1ncc2ccc(-c3nc(N)nc(NC(CO)c4cccc(F)c4F)n3)cn12. The highest BCUT2D eigenvalue weighted by Gasteiger charge is 2.19. The Morgan fingerprint density at radius 2 is 2.00 bits per heavy atom. The quantitative estimate of drug-likeness (QED) is 0.474. The van der Waals surface area contributed by atoms with Crippen LogP contribution in [0.25, 0.3) is 16.9 Å². The van der Waals surface area contributed by atoms with Gasteiger partial charge >= 0.3 is 0 Å². The predicted octanol–water partition coefficient (Wildman–Crippen LogP) is 2.50. The van der Waals surface area contributed by atoms with Crippen LogP contribution < -0.4 is 11.1 Å². The first-order chi connectivity index (χ1) is 14.0. The summed E-state index contributed by atoms with van der Waals surface area (Å²) >= 11 is 0. The van der Waals surface area contributed by atoms with Crippen molar-refractivity contribution in [1.82, 2.24) is 24.3 Å². The first-order valence-corrected chi connectivity index (χ1v) is 8.73. The van der Waals surface area contributed by atoms with Gasteiger partial charge < -0.3 is 20.6 Å². The van der Waals surface area contributed by atoms with E-state index in [0.29, 0.717) is 5.56 Å². The van der Waals surface area contributed by atoms with E-state index in [-0.39, 0.29) is 23.3 Å². The van der Waals surface area contributed by atoms with Crippen molar-refractivity contribution in [3.05, 3.63) is 65.7 Å². The molecule has 0 saturated carbocycles. The van der Waals surface area contributed by atoms with E-state index >= 15 is 0 Å². The maximum absolute atomic E-state index is 14.1. The van der Waals surface area contributed by atoms with Gasteiger partial charge in [0.15, 0.2) is 17.5 Å². The van der Waals surface area contributed by atoms with Crippen molar-refractivity contribution in [2.24, 2.45) is 0 Å². The number of hydrogen-bond donors (Lipinski definition) is 3. The van der Waals surface area contributed by atoms with Gasteiger partial charge in [-0.3, -0.25) is 0 Å². The third kappa shape index (κ3) is 3.57. The summed E-state index contributed by atoms with van der Waals surface area (Å²) in [6, 6.07) is 6.42. The Balaban J connectivity index is 1.70. The number of aliphatic hydroxyl groups is 1. The molecule has 1 aromatic carbocycles. The Kier molecular flexibility index (Phi) is 4.77. The number of nitrogens with two attached hydrogens (primary N) is 1. The van der Waals surface area contributed by atoms with Gasteiger partial charge in [-0.2, -0.15) is 15.0 Å². The molecule has 8 nitrogen and oxygen atoms in total. The standard InChI is InChI=1S/C19H17F2N7O/c1-10-23-7-12-6-5-11(8-28(10)12)17-25-18(22)27-19(26-17)24-15(9-29)13-3-2-4-14(20)16(13)21/h2-8,15,29H,9H2,1H3,(H3,22,24,25,26,27). The lowest BCUT2D eigenvalue weighted by Gasteiger charge is -2.18. The summed E-state index contributed by atoms with van der Waals surface area (Å²) in [5.41, 5.74) is 7.33. The second-order valence-electron chi connectivity index (χ2n) is 6.38. The summed E-state index contributed by atoms with van der Waals surface area (Å²) in [5.74, 6) is -1.02. The van der Waals surface area contributed by atoms with Gasteiger partial charge in [-0.25, -0.2) is 13.8 Å². The van der Waals surface area contributed by atoms with Crippen LogP contribution in [0.3, 0.4) is 0 Å². The van der Waals surface area contributed by atoms with Gasteiger partial charge in [-0.05, 0) is 25.1 Å². The second-order valence-corrected chi connectivity index (χ2v) is 6.38. The Labute approximate surface area is 164 Å². The minimum absolute atomic E-state index is 0.0256. The Bertz CT molecular complexity index is 1190. The van der Waals surface area contributed by atoms with Gasteiger partial charge in [0.1, 0.15) is 5.82 Å². The number of benzene rings is 1. The Hall–Kier alpha value is -3.66. The van der Waals surface area contributed by atoms with E-state index in [0.717, 1.165) is 17.4 Å². The zero-order valence-corrected chi connectivity index (χ0v) is 15.3. The molecule has 4 N–H and O–H groups in total. The molecule has 29 heavy (non-hydrogen) atoms. The van der Waals surface area contributed by atoms with E-state index in [1.807, 2.05) is 29.7 Å². The number of halogens is 2. The fourth-order valence-corrected chi connectivity index (χ4v) is 3.00. The number of hydrogen-bond acceptors (Lipinski definition) is 7. The summed E-state index contributed by atoms with van der Waals surface area (Å²) in [6.45, 7) is 1.35.